The molecule has 27 heavy (non-hydrogen) atoms. The highest BCUT2D eigenvalue weighted by molar-refractivity contribution is 8.15. The predicted molar refractivity (Wildman–Crippen MR) is 117 cm³/mol. The van der Waals surface area contributed by atoms with Crippen molar-refractivity contribution in [1.29, 1.82) is 0 Å². The second-order valence-corrected chi connectivity index (χ2v) is 8.55. The molecular formula is C23H23N3S. The Morgan fingerprint density at radius 1 is 0.963 bits per heavy atom. The highest BCUT2D eigenvalue weighted by Crippen LogP contribution is 2.35. The summed E-state index contributed by atoms with van der Waals surface area (Å²) in [5.74, 6) is 0. The summed E-state index contributed by atoms with van der Waals surface area (Å²) in [6.07, 6.45) is 1.20. The van der Waals surface area contributed by atoms with E-state index in [2.05, 4.69) is 83.0 Å². The molecule has 0 spiro atoms. The Morgan fingerprint density at radius 2 is 1.78 bits per heavy atom. The van der Waals surface area contributed by atoms with Gasteiger partial charge in [-0.3, -0.25) is 9.89 Å². The Morgan fingerprint density at radius 3 is 2.70 bits per heavy atom. The Labute approximate surface area is 164 Å². The summed E-state index contributed by atoms with van der Waals surface area (Å²) in [6.45, 7) is 3.23. The van der Waals surface area contributed by atoms with Gasteiger partial charge in [0, 0.05) is 29.4 Å². The molecule has 1 saturated heterocycles. The predicted octanol–water partition coefficient (Wildman–Crippen LogP) is 5.00. The molecule has 2 atom stereocenters. The van der Waals surface area contributed by atoms with E-state index in [1.54, 1.807) is 0 Å². The Bertz CT molecular complexity index is 964. The number of nitrogens with zero attached hydrogens (tertiary/aromatic N) is 2. The zero-order valence-electron chi connectivity index (χ0n) is 15.2. The maximum absolute atomic E-state index is 5.03. The van der Waals surface area contributed by atoms with Gasteiger partial charge in [-0.15, -0.1) is 0 Å². The first-order valence-electron chi connectivity index (χ1n) is 9.61. The number of nitrogens with one attached hydrogen (secondary N) is 1. The molecule has 0 saturated carbocycles. The molecule has 5 rings (SSSR count). The SMILES string of the molecule is c1ccc(CN2CCC3SC(Nc4cccc5ccccc45)=NC3C2)cc1. The van der Waals surface area contributed by atoms with E-state index in [1.807, 2.05) is 11.8 Å². The van der Waals surface area contributed by atoms with Gasteiger partial charge in [0.1, 0.15) is 0 Å². The van der Waals surface area contributed by atoms with E-state index in [0.717, 1.165) is 30.5 Å². The maximum atomic E-state index is 5.03. The molecule has 3 aromatic carbocycles. The minimum Gasteiger partial charge on any atom is -0.334 e. The van der Waals surface area contributed by atoms with Crippen LogP contribution in [-0.2, 0) is 6.54 Å². The van der Waals surface area contributed by atoms with Crippen molar-refractivity contribution in [2.75, 3.05) is 18.4 Å². The lowest BCUT2D eigenvalue weighted by atomic mass is 10.0. The van der Waals surface area contributed by atoms with Crippen LogP contribution in [0.2, 0.25) is 0 Å². The lowest BCUT2D eigenvalue weighted by Crippen LogP contribution is -2.42. The second kappa shape index (κ2) is 7.37. The number of benzene rings is 3. The van der Waals surface area contributed by atoms with Gasteiger partial charge in [0.25, 0.3) is 0 Å². The fraction of sp³-hybridized carbons (Fsp3) is 0.261. The molecule has 3 nitrogen and oxygen atoms in total. The van der Waals surface area contributed by atoms with Crippen LogP contribution in [0.25, 0.3) is 10.8 Å². The minimum atomic E-state index is 0.393. The van der Waals surface area contributed by atoms with Crippen molar-refractivity contribution >= 4 is 33.4 Å². The molecule has 4 heteroatoms. The number of thioether (sulfide) groups is 1. The highest BCUT2D eigenvalue weighted by atomic mass is 32.2. The van der Waals surface area contributed by atoms with Gasteiger partial charge in [0.2, 0.25) is 0 Å². The van der Waals surface area contributed by atoms with Crippen LogP contribution >= 0.6 is 11.8 Å². The molecule has 1 N–H and O–H groups in total. The summed E-state index contributed by atoms with van der Waals surface area (Å²) < 4.78 is 0. The fourth-order valence-electron chi connectivity index (χ4n) is 4.06. The van der Waals surface area contributed by atoms with Crippen molar-refractivity contribution in [3.05, 3.63) is 78.4 Å². The van der Waals surface area contributed by atoms with Crippen LogP contribution in [-0.4, -0.2) is 34.4 Å². The fourth-order valence-corrected chi connectivity index (χ4v) is 5.24. The molecule has 1 fully saturated rings. The molecule has 136 valence electrons. The average molecular weight is 374 g/mol. The van der Waals surface area contributed by atoms with Gasteiger partial charge in [0.15, 0.2) is 5.17 Å². The van der Waals surface area contributed by atoms with Crippen LogP contribution < -0.4 is 5.32 Å². The summed E-state index contributed by atoms with van der Waals surface area (Å²) in [4.78, 5) is 7.57. The van der Waals surface area contributed by atoms with E-state index < -0.39 is 0 Å². The van der Waals surface area contributed by atoms with Crippen LogP contribution in [0.4, 0.5) is 5.69 Å². The molecule has 0 bridgehead atoms. The van der Waals surface area contributed by atoms with E-state index in [-0.39, 0.29) is 0 Å². The lowest BCUT2D eigenvalue weighted by Gasteiger charge is -2.33. The van der Waals surface area contributed by atoms with E-state index in [9.17, 15) is 0 Å². The molecule has 2 aliphatic heterocycles. The van der Waals surface area contributed by atoms with E-state index >= 15 is 0 Å². The first-order valence-corrected chi connectivity index (χ1v) is 10.5. The van der Waals surface area contributed by atoms with Crippen molar-refractivity contribution in [2.24, 2.45) is 4.99 Å². The van der Waals surface area contributed by atoms with E-state index in [1.165, 1.54) is 22.8 Å². The summed E-state index contributed by atoms with van der Waals surface area (Å²) in [6, 6.07) is 26.1. The first-order chi connectivity index (χ1) is 13.3. The van der Waals surface area contributed by atoms with Crippen molar-refractivity contribution in [3.63, 3.8) is 0 Å². The summed E-state index contributed by atoms with van der Waals surface area (Å²) in [5, 5.41) is 7.79. The number of rotatable bonds is 3. The van der Waals surface area contributed by atoms with Gasteiger partial charge < -0.3 is 5.32 Å². The van der Waals surface area contributed by atoms with Crippen LogP contribution in [0.5, 0.6) is 0 Å². The van der Waals surface area contributed by atoms with Crippen LogP contribution in [0.1, 0.15) is 12.0 Å². The first kappa shape index (κ1) is 16.8. The largest absolute Gasteiger partial charge is 0.334 e. The third kappa shape index (κ3) is 3.60. The Balaban J connectivity index is 1.30. The van der Waals surface area contributed by atoms with E-state index in [0.29, 0.717) is 11.3 Å². The van der Waals surface area contributed by atoms with Crippen LogP contribution in [0.15, 0.2) is 77.8 Å². The molecule has 0 radical (unpaired) electrons. The quantitative estimate of drug-likeness (QED) is 0.700. The number of likely N-dealkylation sites (tertiary alicyclic amines) is 1. The summed E-state index contributed by atoms with van der Waals surface area (Å²) >= 11 is 1.92. The molecular weight excluding hydrogens is 350 g/mol. The summed E-state index contributed by atoms with van der Waals surface area (Å²) in [7, 11) is 0. The smallest absolute Gasteiger partial charge is 0.161 e. The van der Waals surface area contributed by atoms with Gasteiger partial charge in [-0.05, 0) is 30.0 Å². The van der Waals surface area contributed by atoms with Gasteiger partial charge >= 0.3 is 0 Å². The summed E-state index contributed by atoms with van der Waals surface area (Å²) in [5.41, 5.74) is 2.54. The zero-order valence-corrected chi connectivity index (χ0v) is 16.0. The normalized spacial score (nSPS) is 22.4. The van der Waals surface area contributed by atoms with Crippen molar-refractivity contribution in [2.45, 2.75) is 24.3 Å². The van der Waals surface area contributed by atoms with Gasteiger partial charge in [0.05, 0.1) is 6.04 Å². The van der Waals surface area contributed by atoms with Gasteiger partial charge in [-0.25, -0.2) is 0 Å². The van der Waals surface area contributed by atoms with Crippen molar-refractivity contribution in [3.8, 4) is 0 Å². The number of amidine groups is 1. The number of hydrogen-bond acceptors (Lipinski definition) is 4. The highest BCUT2D eigenvalue weighted by Gasteiger charge is 2.35. The molecule has 2 unspecified atom stereocenters. The minimum absolute atomic E-state index is 0.393. The van der Waals surface area contributed by atoms with Crippen molar-refractivity contribution < 1.29 is 0 Å². The number of fused-ring (bicyclic) bond motifs is 2. The molecule has 2 aliphatic rings. The van der Waals surface area contributed by atoms with Crippen LogP contribution in [0.3, 0.4) is 0 Å². The standard InChI is InChI=1S/C23H23N3S/c1-2-7-17(8-3-1)15-26-14-13-22-21(16-26)25-23(27-22)24-20-12-6-10-18-9-4-5-11-19(18)20/h1-12,21-22H,13-16H2,(H,24,25). The van der Waals surface area contributed by atoms with Gasteiger partial charge in [-0.2, -0.15) is 0 Å². The van der Waals surface area contributed by atoms with E-state index in [4.69, 9.17) is 4.99 Å². The molecule has 0 aliphatic carbocycles. The number of aliphatic imine (C=N–C) groups is 1. The molecule has 0 aromatic heterocycles. The number of hydrogen-bond donors (Lipinski definition) is 1. The average Bonchev–Trinajstić information content (AvgIpc) is 3.11. The zero-order chi connectivity index (χ0) is 18.1. The third-order valence-electron chi connectivity index (χ3n) is 5.43. The number of piperidine rings is 1. The van der Waals surface area contributed by atoms with Crippen LogP contribution in [0, 0.1) is 0 Å². The Kier molecular flexibility index (Phi) is 4.60. The lowest BCUT2D eigenvalue weighted by molar-refractivity contribution is 0.208. The maximum Gasteiger partial charge on any atom is 0.161 e. The van der Waals surface area contributed by atoms with Gasteiger partial charge in [-0.1, -0.05) is 78.5 Å². The number of anilines is 1. The molecule has 3 aromatic rings. The second-order valence-electron chi connectivity index (χ2n) is 7.32. The Hall–Kier alpha value is -2.30. The van der Waals surface area contributed by atoms with Crippen molar-refractivity contribution in [1.82, 2.24) is 4.90 Å². The molecule has 2 heterocycles. The monoisotopic (exact) mass is 373 g/mol. The third-order valence-corrected chi connectivity index (χ3v) is 6.71. The molecule has 0 amide bonds. The topological polar surface area (TPSA) is 27.6 Å².